The number of rotatable bonds is 5. The normalized spacial score (nSPS) is 32.0. The molecule has 0 aromatic heterocycles. The molecule has 0 aromatic carbocycles. The molecule has 1 heterocycles. The lowest BCUT2D eigenvalue weighted by atomic mass is 9.86. The van der Waals surface area contributed by atoms with Crippen LogP contribution in [0.2, 0.25) is 0 Å². The minimum atomic E-state index is -0.721. The molecule has 2 aliphatic rings. The fourth-order valence-corrected chi connectivity index (χ4v) is 3.83. The van der Waals surface area contributed by atoms with Crippen molar-refractivity contribution in [1.29, 1.82) is 0 Å². The van der Waals surface area contributed by atoms with Gasteiger partial charge in [0.25, 0.3) is 0 Å². The number of amides is 2. The van der Waals surface area contributed by atoms with Crippen LogP contribution in [0.15, 0.2) is 0 Å². The molecule has 0 bridgehead atoms. The summed E-state index contributed by atoms with van der Waals surface area (Å²) in [6.45, 7) is 3.01. The third-order valence-electron chi connectivity index (χ3n) is 5.27. The number of urea groups is 1. The first-order valence-corrected chi connectivity index (χ1v) is 8.38. The van der Waals surface area contributed by atoms with Gasteiger partial charge in [-0.15, -0.1) is 0 Å². The molecule has 6 nitrogen and oxygen atoms in total. The summed E-state index contributed by atoms with van der Waals surface area (Å²) in [5, 5.41) is 21.1. The van der Waals surface area contributed by atoms with Gasteiger partial charge in [0, 0.05) is 24.7 Å². The number of likely N-dealkylation sites (tertiary alicyclic amines) is 1. The lowest BCUT2D eigenvalue weighted by Crippen LogP contribution is -2.52. The lowest BCUT2D eigenvalue weighted by molar-refractivity contribution is -0.142. The van der Waals surface area contributed by atoms with Crippen LogP contribution in [0.25, 0.3) is 0 Å². The number of carbonyl (C=O) groups excluding carboxylic acids is 1. The highest BCUT2D eigenvalue weighted by Crippen LogP contribution is 2.33. The minimum absolute atomic E-state index is 0.0308. The number of aliphatic hydroxyl groups is 1. The summed E-state index contributed by atoms with van der Waals surface area (Å²) in [6, 6.07) is 0.0579. The van der Waals surface area contributed by atoms with Crippen molar-refractivity contribution in [2.24, 2.45) is 5.92 Å². The Balaban J connectivity index is 1.85. The highest BCUT2D eigenvalue weighted by molar-refractivity contribution is 5.76. The first-order valence-electron chi connectivity index (χ1n) is 8.38. The number of aliphatic carboxylic acids is 1. The summed E-state index contributed by atoms with van der Waals surface area (Å²) in [4.78, 5) is 25.4. The van der Waals surface area contributed by atoms with Crippen molar-refractivity contribution < 1.29 is 19.8 Å². The van der Waals surface area contributed by atoms with Gasteiger partial charge in [0.2, 0.25) is 0 Å². The summed E-state index contributed by atoms with van der Waals surface area (Å²) >= 11 is 0. The highest BCUT2D eigenvalue weighted by Gasteiger charge is 2.39. The number of carboxylic acid groups (broad SMARTS) is 1. The molecule has 1 atom stereocenters. The van der Waals surface area contributed by atoms with E-state index in [0.717, 1.165) is 38.6 Å². The van der Waals surface area contributed by atoms with Crippen molar-refractivity contribution in [2.75, 3.05) is 13.2 Å². The van der Waals surface area contributed by atoms with Crippen molar-refractivity contribution in [3.05, 3.63) is 0 Å². The summed E-state index contributed by atoms with van der Waals surface area (Å²) in [5.74, 6) is -0.976. The van der Waals surface area contributed by atoms with Crippen LogP contribution in [0.5, 0.6) is 0 Å². The lowest BCUT2D eigenvalue weighted by Gasteiger charge is -2.37. The number of nitrogens with zero attached hydrogens (tertiary/aromatic N) is 1. The number of nitrogens with one attached hydrogen (secondary N) is 1. The minimum Gasteiger partial charge on any atom is -0.481 e. The summed E-state index contributed by atoms with van der Waals surface area (Å²) in [5.41, 5.74) is -0.162. The van der Waals surface area contributed by atoms with Crippen LogP contribution in [-0.2, 0) is 4.79 Å². The van der Waals surface area contributed by atoms with E-state index in [9.17, 15) is 9.59 Å². The van der Waals surface area contributed by atoms with Gasteiger partial charge in [0.05, 0.1) is 5.92 Å². The molecule has 1 aliphatic carbocycles. The molecule has 1 saturated carbocycles. The Morgan fingerprint density at radius 3 is 2.55 bits per heavy atom. The molecular formula is C16H28N2O4. The van der Waals surface area contributed by atoms with E-state index in [1.54, 1.807) is 0 Å². The van der Waals surface area contributed by atoms with E-state index in [2.05, 4.69) is 12.2 Å². The van der Waals surface area contributed by atoms with Crippen LogP contribution in [0.4, 0.5) is 4.79 Å². The van der Waals surface area contributed by atoms with Gasteiger partial charge < -0.3 is 20.4 Å². The maximum atomic E-state index is 12.5. The van der Waals surface area contributed by atoms with Crippen LogP contribution in [-0.4, -0.2) is 51.8 Å². The van der Waals surface area contributed by atoms with E-state index in [1.807, 2.05) is 4.90 Å². The van der Waals surface area contributed by atoms with Gasteiger partial charge in [0.1, 0.15) is 0 Å². The molecule has 0 radical (unpaired) electrons. The monoisotopic (exact) mass is 312 g/mol. The average Bonchev–Trinajstić information content (AvgIpc) is 2.88. The van der Waals surface area contributed by atoms with E-state index >= 15 is 0 Å². The number of carbonyl (C=O) groups is 2. The smallest absolute Gasteiger partial charge is 0.318 e. The second-order valence-electron chi connectivity index (χ2n) is 6.92. The maximum absolute atomic E-state index is 12.5. The van der Waals surface area contributed by atoms with Crippen LogP contribution < -0.4 is 5.32 Å². The van der Waals surface area contributed by atoms with E-state index in [1.165, 1.54) is 0 Å². The molecule has 126 valence electrons. The zero-order valence-corrected chi connectivity index (χ0v) is 13.4. The second kappa shape index (κ2) is 7.31. The van der Waals surface area contributed by atoms with Crippen molar-refractivity contribution in [3.63, 3.8) is 0 Å². The van der Waals surface area contributed by atoms with Crippen LogP contribution >= 0.6 is 0 Å². The number of aliphatic hydroxyl groups excluding tert-OH is 1. The van der Waals surface area contributed by atoms with Gasteiger partial charge in [0.15, 0.2) is 0 Å². The van der Waals surface area contributed by atoms with E-state index < -0.39 is 5.97 Å². The van der Waals surface area contributed by atoms with Gasteiger partial charge in [-0.2, -0.15) is 0 Å². The molecule has 2 rings (SSSR count). The van der Waals surface area contributed by atoms with Crippen molar-refractivity contribution in [2.45, 2.75) is 69.9 Å². The standard InChI is InChI=1S/C16H28N2O4/c1-16(9-3-11-19)8-2-10-18(16)15(22)17-13-6-4-12(5-7-13)14(20)21/h12-13,19H,2-11H2,1H3,(H,17,22)(H,20,21). The van der Waals surface area contributed by atoms with Gasteiger partial charge in [-0.3, -0.25) is 4.79 Å². The zero-order chi connectivity index (χ0) is 16.2. The third-order valence-corrected chi connectivity index (χ3v) is 5.27. The van der Waals surface area contributed by atoms with Gasteiger partial charge >= 0.3 is 12.0 Å². The molecular weight excluding hydrogens is 284 g/mol. The predicted octanol–water partition coefficient (Wildman–Crippen LogP) is 1.97. The SMILES string of the molecule is CC1(CCCO)CCCN1C(=O)NC1CCC(C(=O)O)CC1. The molecule has 2 fully saturated rings. The quantitative estimate of drug-likeness (QED) is 0.724. The third kappa shape index (κ3) is 3.91. The molecule has 1 aliphatic heterocycles. The van der Waals surface area contributed by atoms with E-state index in [0.29, 0.717) is 19.3 Å². The number of hydrogen-bond acceptors (Lipinski definition) is 3. The van der Waals surface area contributed by atoms with Gasteiger partial charge in [-0.25, -0.2) is 4.79 Å². The van der Waals surface area contributed by atoms with Gasteiger partial charge in [-0.1, -0.05) is 0 Å². The molecule has 0 aromatic rings. The Bertz CT molecular complexity index is 407. The summed E-state index contributed by atoms with van der Waals surface area (Å²) < 4.78 is 0. The number of hydrogen-bond donors (Lipinski definition) is 3. The van der Waals surface area contributed by atoms with Crippen molar-refractivity contribution in [3.8, 4) is 0 Å². The molecule has 3 N–H and O–H groups in total. The Labute approximate surface area is 131 Å². The largest absolute Gasteiger partial charge is 0.481 e. The highest BCUT2D eigenvalue weighted by atomic mass is 16.4. The average molecular weight is 312 g/mol. The van der Waals surface area contributed by atoms with E-state index in [-0.39, 0.29) is 30.1 Å². The maximum Gasteiger partial charge on any atom is 0.318 e. The fourth-order valence-electron chi connectivity index (χ4n) is 3.83. The number of carboxylic acids is 1. The summed E-state index contributed by atoms with van der Waals surface area (Å²) in [6.07, 6.45) is 6.28. The predicted molar refractivity (Wildman–Crippen MR) is 82.6 cm³/mol. The topological polar surface area (TPSA) is 89.9 Å². The first kappa shape index (κ1) is 17.1. The Hall–Kier alpha value is -1.30. The van der Waals surface area contributed by atoms with Crippen LogP contribution in [0, 0.1) is 5.92 Å². The Morgan fingerprint density at radius 2 is 1.95 bits per heavy atom. The van der Waals surface area contributed by atoms with Gasteiger partial charge in [-0.05, 0) is 58.3 Å². The fraction of sp³-hybridized carbons (Fsp3) is 0.875. The van der Waals surface area contributed by atoms with Crippen LogP contribution in [0.3, 0.4) is 0 Å². The van der Waals surface area contributed by atoms with Crippen molar-refractivity contribution in [1.82, 2.24) is 10.2 Å². The molecule has 2 amide bonds. The molecule has 1 unspecified atom stereocenters. The van der Waals surface area contributed by atoms with Crippen molar-refractivity contribution >= 4 is 12.0 Å². The summed E-state index contributed by atoms with van der Waals surface area (Å²) in [7, 11) is 0. The van der Waals surface area contributed by atoms with E-state index in [4.69, 9.17) is 10.2 Å². The zero-order valence-electron chi connectivity index (χ0n) is 13.4. The molecule has 0 spiro atoms. The molecule has 22 heavy (non-hydrogen) atoms. The Morgan fingerprint density at radius 1 is 1.27 bits per heavy atom. The Kier molecular flexibility index (Phi) is 5.67. The first-order chi connectivity index (χ1) is 10.5. The molecule has 1 saturated heterocycles. The molecule has 6 heteroatoms. The van der Waals surface area contributed by atoms with Crippen LogP contribution in [0.1, 0.15) is 58.3 Å². The second-order valence-corrected chi connectivity index (χ2v) is 6.92.